The number of amides is 1. The van der Waals surface area contributed by atoms with Crippen molar-refractivity contribution in [3.05, 3.63) is 42.4 Å². The fraction of sp³-hybridized carbons (Fsp3) is 0.333. The zero-order chi connectivity index (χ0) is 17.4. The zero-order valence-corrected chi connectivity index (χ0v) is 15.0. The van der Waals surface area contributed by atoms with Gasteiger partial charge in [-0.15, -0.1) is 10.2 Å². The molecule has 4 rings (SSSR count). The second-order valence-corrected chi connectivity index (χ2v) is 7.61. The zero-order valence-electron chi connectivity index (χ0n) is 14.1. The van der Waals surface area contributed by atoms with Crippen molar-refractivity contribution >= 4 is 34.3 Å². The molecule has 0 bridgehead atoms. The number of thioether (sulfide) groups is 1. The fourth-order valence-electron chi connectivity index (χ4n) is 2.78. The maximum atomic E-state index is 12.6. The molecule has 1 saturated carbocycles. The number of nitrogens with one attached hydrogen (secondary N) is 1. The largest absolute Gasteiger partial charge is 0.324 e. The van der Waals surface area contributed by atoms with Crippen molar-refractivity contribution in [2.24, 2.45) is 7.05 Å². The molecule has 0 radical (unpaired) electrons. The first-order valence-electron chi connectivity index (χ1n) is 8.34. The van der Waals surface area contributed by atoms with E-state index in [1.165, 1.54) is 24.6 Å². The van der Waals surface area contributed by atoms with Crippen LogP contribution in [0.4, 0.5) is 5.69 Å². The van der Waals surface area contributed by atoms with Crippen LogP contribution in [0.1, 0.15) is 31.5 Å². The van der Waals surface area contributed by atoms with Crippen molar-refractivity contribution in [2.75, 3.05) is 5.32 Å². The van der Waals surface area contributed by atoms with Gasteiger partial charge in [0.1, 0.15) is 5.82 Å². The average molecular weight is 353 g/mol. The number of nitrogens with zero attached hydrogens (tertiary/aromatic N) is 4. The number of aromatic nitrogens is 4. The second kappa shape index (κ2) is 6.48. The Bertz CT molecular complexity index is 929. The van der Waals surface area contributed by atoms with Gasteiger partial charge in [-0.2, -0.15) is 0 Å². The summed E-state index contributed by atoms with van der Waals surface area (Å²) in [6, 6.07) is 9.55. The van der Waals surface area contributed by atoms with E-state index >= 15 is 0 Å². The summed E-state index contributed by atoms with van der Waals surface area (Å²) in [5, 5.41) is 13.0. The van der Waals surface area contributed by atoms with Crippen molar-refractivity contribution < 1.29 is 4.79 Å². The lowest BCUT2D eigenvalue weighted by Crippen LogP contribution is -2.23. The lowest BCUT2D eigenvalue weighted by Gasteiger charge is -2.13. The molecule has 1 atom stereocenters. The van der Waals surface area contributed by atoms with Crippen LogP contribution in [0.3, 0.4) is 0 Å². The van der Waals surface area contributed by atoms with Gasteiger partial charge in [0.15, 0.2) is 5.16 Å². The summed E-state index contributed by atoms with van der Waals surface area (Å²) in [7, 11) is 1.97. The number of anilines is 1. The van der Waals surface area contributed by atoms with Gasteiger partial charge in [-0.25, -0.2) is 0 Å². The summed E-state index contributed by atoms with van der Waals surface area (Å²) in [5.41, 5.74) is 1.64. The third-order valence-corrected chi connectivity index (χ3v) is 5.50. The minimum absolute atomic E-state index is 0.0580. The van der Waals surface area contributed by atoms with Gasteiger partial charge in [-0.05, 0) is 44.0 Å². The first kappa shape index (κ1) is 16.1. The van der Waals surface area contributed by atoms with Crippen molar-refractivity contribution in [1.82, 2.24) is 19.7 Å². The van der Waals surface area contributed by atoms with Gasteiger partial charge in [0.05, 0.1) is 16.5 Å². The normalized spacial score (nSPS) is 15.3. The molecular weight excluding hydrogens is 334 g/mol. The van der Waals surface area contributed by atoms with Gasteiger partial charge < -0.3 is 9.88 Å². The summed E-state index contributed by atoms with van der Waals surface area (Å²) in [6.45, 7) is 1.88. The Morgan fingerprint density at radius 3 is 2.92 bits per heavy atom. The Morgan fingerprint density at radius 2 is 2.12 bits per heavy atom. The van der Waals surface area contributed by atoms with Crippen molar-refractivity contribution in [3.8, 4) is 0 Å². The van der Waals surface area contributed by atoms with E-state index < -0.39 is 0 Å². The molecule has 0 aliphatic heterocycles. The molecular formula is C18H19N5OS. The molecule has 1 aliphatic rings. The van der Waals surface area contributed by atoms with E-state index in [1.807, 2.05) is 48.9 Å². The maximum Gasteiger partial charge on any atom is 0.237 e. The molecule has 1 N–H and O–H groups in total. The molecule has 25 heavy (non-hydrogen) atoms. The molecule has 6 nitrogen and oxygen atoms in total. The smallest absolute Gasteiger partial charge is 0.237 e. The Balaban J connectivity index is 1.48. The van der Waals surface area contributed by atoms with Gasteiger partial charge >= 0.3 is 0 Å². The lowest BCUT2D eigenvalue weighted by molar-refractivity contribution is -0.115. The van der Waals surface area contributed by atoms with E-state index in [4.69, 9.17) is 0 Å². The van der Waals surface area contributed by atoms with Crippen LogP contribution in [0.5, 0.6) is 0 Å². The molecule has 1 aromatic carbocycles. The van der Waals surface area contributed by atoms with Crippen LogP contribution in [0.25, 0.3) is 10.9 Å². The van der Waals surface area contributed by atoms with Crippen LogP contribution in [-0.2, 0) is 11.8 Å². The fourth-order valence-corrected chi connectivity index (χ4v) is 3.61. The van der Waals surface area contributed by atoms with Crippen LogP contribution >= 0.6 is 11.8 Å². The third-order valence-electron chi connectivity index (χ3n) is 4.37. The Hall–Kier alpha value is -2.41. The summed E-state index contributed by atoms with van der Waals surface area (Å²) in [6.07, 6.45) is 4.11. The molecule has 0 unspecified atom stereocenters. The molecule has 0 spiro atoms. The highest BCUT2D eigenvalue weighted by atomic mass is 32.2. The molecule has 0 saturated heterocycles. The van der Waals surface area contributed by atoms with Crippen LogP contribution in [0, 0.1) is 0 Å². The Labute approximate surface area is 150 Å². The lowest BCUT2D eigenvalue weighted by atomic mass is 10.2. The predicted molar refractivity (Wildman–Crippen MR) is 98.7 cm³/mol. The number of pyridine rings is 1. The van der Waals surface area contributed by atoms with Gasteiger partial charge in [0.2, 0.25) is 5.91 Å². The van der Waals surface area contributed by atoms with E-state index in [9.17, 15) is 4.79 Å². The van der Waals surface area contributed by atoms with Crippen LogP contribution in [-0.4, -0.2) is 30.9 Å². The first-order valence-corrected chi connectivity index (χ1v) is 9.22. The van der Waals surface area contributed by atoms with Crippen LogP contribution < -0.4 is 5.32 Å². The first-order chi connectivity index (χ1) is 12.1. The van der Waals surface area contributed by atoms with Crippen molar-refractivity contribution in [1.29, 1.82) is 0 Å². The summed E-state index contributed by atoms with van der Waals surface area (Å²) in [4.78, 5) is 16.9. The molecule has 2 heterocycles. The number of carbonyl (C=O) groups is 1. The Kier molecular flexibility index (Phi) is 4.17. The van der Waals surface area contributed by atoms with E-state index in [0.29, 0.717) is 5.92 Å². The number of rotatable bonds is 5. The molecule has 2 aromatic heterocycles. The maximum absolute atomic E-state index is 12.6. The molecule has 1 fully saturated rings. The highest BCUT2D eigenvalue weighted by Gasteiger charge is 2.30. The minimum atomic E-state index is -0.276. The van der Waals surface area contributed by atoms with Crippen LogP contribution in [0.15, 0.2) is 41.7 Å². The number of carbonyl (C=O) groups excluding carboxylic acids is 1. The standard InChI is InChI=1S/C18H19N5OS/c1-11(25-18-22-21-16(23(18)2)12-8-9-12)17(24)20-15-7-3-6-14-13(15)5-4-10-19-14/h3-7,10-12H,8-9H2,1-2H3,(H,20,24)/t11-/m1/s1. The molecule has 128 valence electrons. The monoisotopic (exact) mass is 353 g/mol. The van der Waals surface area contributed by atoms with Crippen molar-refractivity contribution in [2.45, 2.75) is 36.1 Å². The predicted octanol–water partition coefficient (Wildman–Crippen LogP) is 3.36. The third kappa shape index (κ3) is 3.24. The van der Waals surface area contributed by atoms with E-state index in [0.717, 1.165) is 27.6 Å². The van der Waals surface area contributed by atoms with Gasteiger partial charge in [0, 0.05) is 24.5 Å². The quantitative estimate of drug-likeness (QED) is 0.712. The van der Waals surface area contributed by atoms with Gasteiger partial charge in [-0.3, -0.25) is 9.78 Å². The van der Waals surface area contributed by atoms with E-state index in [1.54, 1.807) is 6.20 Å². The second-order valence-electron chi connectivity index (χ2n) is 6.30. The van der Waals surface area contributed by atoms with Crippen LogP contribution in [0.2, 0.25) is 0 Å². The van der Waals surface area contributed by atoms with E-state index in [2.05, 4.69) is 20.5 Å². The molecule has 3 aromatic rings. The number of hydrogen-bond donors (Lipinski definition) is 1. The number of fused-ring (bicyclic) bond motifs is 1. The van der Waals surface area contributed by atoms with Crippen molar-refractivity contribution in [3.63, 3.8) is 0 Å². The average Bonchev–Trinajstić information content (AvgIpc) is 3.40. The molecule has 1 amide bonds. The Morgan fingerprint density at radius 1 is 1.28 bits per heavy atom. The van der Waals surface area contributed by atoms with Gasteiger partial charge in [0.25, 0.3) is 0 Å². The van der Waals surface area contributed by atoms with Gasteiger partial charge in [-0.1, -0.05) is 17.8 Å². The summed E-state index contributed by atoms with van der Waals surface area (Å²) >= 11 is 1.43. The topological polar surface area (TPSA) is 72.7 Å². The van der Waals surface area contributed by atoms with E-state index in [-0.39, 0.29) is 11.2 Å². The summed E-state index contributed by atoms with van der Waals surface area (Å²) < 4.78 is 2.01. The SMILES string of the molecule is C[C@@H](Sc1nnc(C2CC2)n1C)C(=O)Nc1cccc2ncccc12. The summed E-state index contributed by atoms with van der Waals surface area (Å²) in [5.74, 6) is 1.51. The molecule has 1 aliphatic carbocycles. The number of benzene rings is 1. The minimum Gasteiger partial charge on any atom is -0.324 e. The number of hydrogen-bond acceptors (Lipinski definition) is 5. The highest BCUT2D eigenvalue weighted by Crippen LogP contribution is 2.39. The highest BCUT2D eigenvalue weighted by molar-refractivity contribution is 8.00. The molecule has 7 heteroatoms.